The summed E-state index contributed by atoms with van der Waals surface area (Å²) in [5.41, 5.74) is 9.55. The van der Waals surface area contributed by atoms with Crippen molar-refractivity contribution < 1.29 is 41.7 Å². The maximum absolute atomic E-state index is 13.6. The van der Waals surface area contributed by atoms with Crippen molar-refractivity contribution in [2.75, 3.05) is 54.5 Å². The van der Waals surface area contributed by atoms with Crippen LogP contribution in [0.15, 0.2) is 24.3 Å². The smallest absolute Gasteiger partial charge is 0.335 e. The molecule has 2 aromatic carbocycles. The molecule has 4 N–H and O–H groups in total. The molecule has 0 aliphatic heterocycles. The van der Waals surface area contributed by atoms with Crippen molar-refractivity contribution in [2.45, 2.75) is 142 Å². The van der Waals surface area contributed by atoms with Crippen molar-refractivity contribution in [3.63, 3.8) is 0 Å². The normalized spacial score (nSPS) is 17.8. The standard InChI is InChI=1S/C22H34F2N2O2.C13H18O3.C9H18F2N2/c1-6-7-12-28-19-16(2)13-18(14-17(19)3)20(27)25-15-21(26(4)5)8-10-22(23,24)11-9-21;1-4-5-6-16-12-9(2)7-11(13(14)15)8-10(12)3;1-13(2)8(7-12)3-5-9(10,11)6-4-8/h13-14H,6-12,15H2,1-5H3,(H,25,27);7-8H,4-6H2,1-3H3,(H,14,15);3-7,12H2,1-2H3. The molecule has 2 saturated carbocycles. The van der Waals surface area contributed by atoms with Crippen LogP contribution in [0.25, 0.3) is 0 Å². The average Bonchev–Trinajstić information content (AvgIpc) is 3.14. The number of carboxylic acid groups (broad SMARTS) is 1. The zero-order valence-corrected chi connectivity index (χ0v) is 36.2. The summed E-state index contributed by atoms with van der Waals surface area (Å²) in [4.78, 5) is 27.5. The molecule has 1 amide bonds. The number of carbonyl (C=O) groups excluding carboxylic acids is 1. The Morgan fingerprint density at radius 1 is 0.667 bits per heavy atom. The largest absolute Gasteiger partial charge is 0.493 e. The third-order valence-corrected chi connectivity index (χ3v) is 11.6. The van der Waals surface area contributed by atoms with E-state index < -0.39 is 23.4 Å². The summed E-state index contributed by atoms with van der Waals surface area (Å²) >= 11 is 0. The van der Waals surface area contributed by atoms with Crippen molar-refractivity contribution in [3.05, 3.63) is 57.6 Å². The van der Waals surface area contributed by atoms with Gasteiger partial charge in [-0.15, -0.1) is 0 Å². The van der Waals surface area contributed by atoms with Gasteiger partial charge in [-0.25, -0.2) is 22.4 Å². The fourth-order valence-electron chi connectivity index (χ4n) is 7.37. The topological polar surface area (TPSA) is 117 Å². The molecule has 2 aliphatic rings. The zero-order valence-electron chi connectivity index (χ0n) is 36.2. The van der Waals surface area contributed by atoms with Crippen LogP contribution in [0.4, 0.5) is 17.6 Å². The molecule has 4 rings (SSSR count). The van der Waals surface area contributed by atoms with Crippen molar-refractivity contribution >= 4 is 11.9 Å². The monoisotopic (exact) mass is 811 g/mol. The zero-order chi connectivity index (χ0) is 43.2. The van der Waals surface area contributed by atoms with Gasteiger partial charge in [0, 0.05) is 55.4 Å². The Bertz CT molecular complexity index is 1530. The van der Waals surface area contributed by atoms with Crippen LogP contribution in [0.2, 0.25) is 0 Å². The number of nitrogens with zero attached hydrogens (tertiary/aromatic N) is 2. The predicted octanol–water partition coefficient (Wildman–Crippen LogP) is 9.36. The number of benzene rings is 2. The van der Waals surface area contributed by atoms with Gasteiger partial charge in [-0.2, -0.15) is 0 Å². The number of carbonyl (C=O) groups is 2. The van der Waals surface area contributed by atoms with Crippen LogP contribution in [0.1, 0.15) is 134 Å². The number of aromatic carboxylic acids is 1. The highest BCUT2D eigenvalue weighted by atomic mass is 19.3. The van der Waals surface area contributed by atoms with Crippen LogP contribution >= 0.6 is 0 Å². The van der Waals surface area contributed by atoms with Gasteiger partial charge in [-0.3, -0.25) is 4.79 Å². The van der Waals surface area contributed by atoms with Crippen LogP contribution in [0, 0.1) is 27.7 Å². The number of hydrogen-bond acceptors (Lipinski definition) is 7. The first-order valence-corrected chi connectivity index (χ1v) is 20.4. The number of aryl methyl sites for hydroxylation is 4. The Balaban J connectivity index is 0.000000326. The highest BCUT2D eigenvalue weighted by Crippen LogP contribution is 2.41. The van der Waals surface area contributed by atoms with E-state index in [1.807, 2.05) is 77.8 Å². The van der Waals surface area contributed by atoms with Crippen molar-refractivity contribution in [2.24, 2.45) is 5.73 Å². The lowest BCUT2D eigenvalue weighted by Gasteiger charge is -2.45. The molecule has 324 valence electrons. The molecule has 0 spiro atoms. The molecule has 0 radical (unpaired) electrons. The highest BCUT2D eigenvalue weighted by molar-refractivity contribution is 5.95. The maximum atomic E-state index is 13.6. The van der Waals surface area contributed by atoms with Crippen molar-refractivity contribution in [1.29, 1.82) is 0 Å². The molecular weight excluding hydrogens is 740 g/mol. The maximum Gasteiger partial charge on any atom is 0.335 e. The van der Waals surface area contributed by atoms with E-state index in [-0.39, 0.29) is 37.1 Å². The molecule has 0 atom stereocenters. The second kappa shape index (κ2) is 22.1. The van der Waals surface area contributed by atoms with Gasteiger partial charge in [0.1, 0.15) is 11.5 Å². The first kappa shape index (κ1) is 49.7. The van der Waals surface area contributed by atoms with Gasteiger partial charge in [-0.05, 0) is 141 Å². The van der Waals surface area contributed by atoms with Crippen LogP contribution < -0.4 is 20.5 Å². The number of halogens is 4. The summed E-state index contributed by atoms with van der Waals surface area (Å²) in [6.07, 6.45) is 5.59. The van der Waals surface area contributed by atoms with E-state index in [2.05, 4.69) is 19.2 Å². The van der Waals surface area contributed by atoms with E-state index in [9.17, 15) is 27.2 Å². The summed E-state index contributed by atoms with van der Waals surface area (Å²) in [6, 6.07) is 6.97. The van der Waals surface area contributed by atoms with E-state index in [0.29, 0.717) is 63.1 Å². The first-order chi connectivity index (χ1) is 26.6. The van der Waals surface area contributed by atoms with E-state index >= 15 is 0 Å². The quantitative estimate of drug-likeness (QED) is 0.120. The number of ether oxygens (including phenoxy) is 2. The lowest BCUT2D eigenvalue weighted by molar-refractivity contribution is -0.0728. The molecule has 0 unspecified atom stereocenters. The minimum Gasteiger partial charge on any atom is -0.493 e. The second-order valence-electron chi connectivity index (χ2n) is 16.4. The van der Waals surface area contributed by atoms with Crippen LogP contribution in [-0.2, 0) is 0 Å². The summed E-state index contributed by atoms with van der Waals surface area (Å²) in [5.74, 6) is -4.47. The number of hydrogen-bond donors (Lipinski definition) is 3. The lowest BCUT2D eigenvalue weighted by Crippen LogP contribution is -2.56. The fraction of sp³-hybridized carbons (Fsp3) is 0.682. The highest BCUT2D eigenvalue weighted by Gasteiger charge is 2.45. The predicted molar refractivity (Wildman–Crippen MR) is 221 cm³/mol. The number of alkyl halides is 4. The Morgan fingerprint density at radius 3 is 1.33 bits per heavy atom. The van der Waals surface area contributed by atoms with Crippen LogP contribution in [-0.4, -0.2) is 104 Å². The molecule has 2 aromatic rings. The van der Waals surface area contributed by atoms with E-state index in [1.54, 1.807) is 12.1 Å². The van der Waals surface area contributed by atoms with E-state index in [1.165, 1.54) is 0 Å². The van der Waals surface area contributed by atoms with Crippen molar-refractivity contribution in [1.82, 2.24) is 15.1 Å². The number of nitrogens with one attached hydrogen (secondary N) is 1. The van der Waals surface area contributed by atoms with Crippen molar-refractivity contribution in [3.8, 4) is 11.5 Å². The van der Waals surface area contributed by atoms with Gasteiger partial charge >= 0.3 is 5.97 Å². The molecular formula is C44H70F4N4O5. The number of nitrogens with two attached hydrogens (primary N) is 1. The summed E-state index contributed by atoms with van der Waals surface area (Å²) in [5, 5.41) is 11.9. The fourth-order valence-corrected chi connectivity index (χ4v) is 7.37. The summed E-state index contributed by atoms with van der Waals surface area (Å²) < 4.78 is 64.5. The lowest BCUT2D eigenvalue weighted by atomic mass is 9.78. The van der Waals surface area contributed by atoms with Gasteiger partial charge < -0.3 is 35.4 Å². The molecule has 0 heterocycles. The Morgan fingerprint density at radius 2 is 1.02 bits per heavy atom. The molecule has 0 saturated heterocycles. The molecule has 0 aromatic heterocycles. The third kappa shape index (κ3) is 14.7. The Kier molecular flexibility index (Phi) is 19.3. The molecule has 13 heteroatoms. The second-order valence-corrected chi connectivity index (χ2v) is 16.4. The SMILES string of the molecule is CCCCOc1c(C)cc(C(=O)NCC2(N(C)C)CCC(F)(F)CC2)cc1C.CCCCOc1c(C)cc(C(=O)O)cc1C.CN(C)C1(CN)CCC(F)(F)CC1. The average molecular weight is 811 g/mol. The summed E-state index contributed by atoms with van der Waals surface area (Å²) in [7, 11) is 7.62. The third-order valence-electron chi connectivity index (χ3n) is 11.6. The molecule has 0 bridgehead atoms. The Labute approximate surface area is 339 Å². The van der Waals surface area contributed by atoms with E-state index in [0.717, 1.165) is 59.4 Å². The van der Waals surface area contributed by atoms with Gasteiger partial charge in [0.15, 0.2) is 0 Å². The van der Waals surface area contributed by atoms with Gasteiger partial charge in [0.2, 0.25) is 11.8 Å². The first-order valence-electron chi connectivity index (χ1n) is 20.4. The van der Waals surface area contributed by atoms with Gasteiger partial charge in [-0.1, -0.05) is 26.7 Å². The van der Waals surface area contributed by atoms with Gasteiger partial charge in [0.05, 0.1) is 18.8 Å². The molecule has 2 fully saturated rings. The number of carboxylic acids is 1. The van der Waals surface area contributed by atoms with Crippen LogP contribution in [0.3, 0.4) is 0 Å². The Hall–Kier alpha value is -3.42. The van der Waals surface area contributed by atoms with Crippen LogP contribution in [0.5, 0.6) is 11.5 Å². The number of amides is 1. The molecule has 9 nitrogen and oxygen atoms in total. The molecule has 2 aliphatic carbocycles. The van der Waals surface area contributed by atoms with E-state index in [4.69, 9.17) is 20.3 Å². The minimum absolute atomic E-state index is 0.0254. The number of likely N-dealkylation sites (N-methyl/N-ethyl adjacent to an activating group) is 2. The van der Waals surface area contributed by atoms with Gasteiger partial charge in [0.25, 0.3) is 5.91 Å². The number of unbranched alkanes of at least 4 members (excludes halogenated alkanes) is 2. The number of rotatable bonds is 15. The minimum atomic E-state index is -2.59. The summed E-state index contributed by atoms with van der Waals surface area (Å²) in [6.45, 7) is 14.0. The molecule has 57 heavy (non-hydrogen) atoms.